The van der Waals surface area contributed by atoms with Crippen LogP contribution in [0, 0.1) is 19.8 Å². The Morgan fingerprint density at radius 1 is 0.967 bits per heavy atom. The highest BCUT2D eigenvalue weighted by molar-refractivity contribution is 8.00. The van der Waals surface area contributed by atoms with Gasteiger partial charge in [-0.1, -0.05) is 43.8 Å². The molecule has 2 aromatic carbocycles. The Morgan fingerprint density at radius 3 is 2.27 bits per heavy atom. The molecule has 3 rings (SSSR count). The Kier molecular flexibility index (Phi) is 6.72. The topological polar surface area (TPSA) is 76.9 Å². The Bertz CT molecular complexity index is 1060. The number of nitrogens with one attached hydrogen (secondary N) is 1. The molecule has 0 aliphatic heterocycles. The SMILES string of the molecule is Cc1ccccc1-n1c(C)nnc1S[C@@H](C)C(=O)c1ccc(NC(=O)C(C)C)cc1. The summed E-state index contributed by atoms with van der Waals surface area (Å²) in [5, 5.41) is 11.7. The lowest BCUT2D eigenvalue weighted by atomic mass is 10.1. The number of para-hydroxylation sites is 1. The van der Waals surface area contributed by atoms with Crippen molar-refractivity contribution >= 4 is 29.1 Å². The van der Waals surface area contributed by atoms with Crippen LogP contribution in [0.15, 0.2) is 53.7 Å². The molecule has 7 heteroatoms. The van der Waals surface area contributed by atoms with E-state index in [2.05, 4.69) is 15.5 Å². The molecule has 0 unspecified atom stereocenters. The Morgan fingerprint density at radius 2 is 1.63 bits per heavy atom. The summed E-state index contributed by atoms with van der Waals surface area (Å²) < 4.78 is 1.98. The van der Waals surface area contributed by atoms with Crippen LogP contribution in [-0.4, -0.2) is 31.7 Å². The monoisotopic (exact) mass is 422 g/mol. The second kappa shape index (κ2) is 9.26. The minimum Gasteiger partial charge on any atom is -0.326 e. The summed E-state index contributed by atoms with van der Waals surface area (Å²) in [5.74, 6) is 0.621. The number of anilines is 1. The van der Waals surface area contributed by atoms with Gasteiger partial charge in [-0.15, -0.1) is 10.2 Å². The van der Waals surface area contributed by atoms with Crippen LogP contribution < -0.4 is 5.32 Å². The first-order chi connectivity index (χ1) is 14.3. The maximum atomic E-state index is 12.9. The van der Waals surface area contributed by atoms with Crippen molar-refractivity contribution in [3.63, 3.8) is 0 Å². The summed E-state index contributed by atoms with van der Waals surface area (Å²) in [6.07, 6.45) is 0. The largest absolute Gasteiger partial charge is 0.326 e. The van der Waals surface area contributed by atoms with Crippen LogP contribution in [0.3, 0.4) is 0 Å². The molecular weight excluding hydrogens is 396 g/mol. The minimum atomic E-state index is -0.340. The van der Waals surface area contributed by atoms with E-state index in [-0.39, 0.29) is 22.9 Å². The highest BCUT2D eigenvalue weighted by Gasteiger charge is 2.21. The molecule has 1 N–H and O–H groups in total. The second-order valence-corrected chi connectivity index (χ2v) is 8.81. The summed E-state index contributed by atoms with van der Waals surface area (Å²) in [4.78, 5) is 24.8. The van der Waals surface area contributed by atoms with Crippen molar-refractivity contribution in [2.24, 2.45) is 5.92 Å². The quantitative estimate of drug-likeness (QED) is 0.435. The summed E-state index contributed by atoms with van der Waals surface area (Å²) in [7, 11) is 0. The molecule has 0 fully saturated rings. The van der Waals surface area contributed by atoms with Crippen molar-refractivity contribution in [1.29, 1.82) is 0 Å². The molecule has 30 heavy (non-hydrogen) atoms. The van der Waals surface area contributed by atoms with Crippen LogP contribution in [0.25, 0.3) is 5.69 Å². The van der Waals surface area contributed by atoms with Gasteiger partial charge >= 0.3 is 0 Å². The number of aryl methyl sites for hydroxylation is 2. The fourth-order valence-corrected chi connectivity index (χ4v) is 3.94. The zero-order valence-corrected chi connectivity index (χ0v) is 18.7. The third kappa shape index (κ3) is 4.79. The van der Waals surface area contributed by atoms with E-state index in [4.69, 9.17) is 0 Å². The third-order valence-electron chi connectivity index (χ3n) is 4.76. The molecule has 1 amide bonds. The van der Waals surface area contributed by atoms with Crippen molar-refractivity contribution in [2.45, 2.75) is 45.0 Å². The molecule has 6 nitrogen and oxygen atoms in total. The molecule has 0 bridgehead atoms. The maximum Gasteiger partial charge on any atom is 0.226 e. The van der Waals surface area contributed by atoms with Crippen molar-refractivity contribution in [2.75, 3.05) is 5.32 Å². The molecule has 156 valence electrons. The van der Waals surface area contributed by atoms with E-state index in [0.29, 0.717) is 16.4 Å². The number of nitrogens with zero attached hydrogens (tertiary/aromatic N) is 3. The van der Waals surface area contributed by atoms with Crippen LogP contribution in [0.4, 0.5) is 5.69 Å². The maximum absolute atomic E-state index is 12.9. The van der Waals surface area contributed by atoms with Crippen LogP contribution in [0.5, 0.6) is 0 Å². The first-order valence-corrected chi connectivity index (χ1v) is 10.8. The first-order valence-electron chi connectivity index (χ1n) is 9.87. The van der Waals surface area contributed by atoms with E-state index >= 15 is 0 Å². The molecule has 3 aromatic rings. The highest BCUT2D eigenvalue weighted by Crippen LogP contribution is 2.28. The molecule has 1 heterocycles. The van der Waals surface area contributed by atoms with Gasteiger partial charge in [0.1, 0.15) is 5.82 Å². The number of rotatable bonds is 7. The van der Waals surface area contributed by atoms with E-state index < -0.39 is 0 Å². The van der Waals surface area contributed by atoms with Crippen molar-refractivity contribution in [3.8, 4) is 5.69 Å². The first kappa shape index (κ1) is 21.8. The van der Waals surface area contributed by atoms with E-state index in [1.165, 1.54) is 11.8 Å². The van der Waals surface area contributed by atoms with Crippen molar-refractivity contribution in [3.05, 3.63) is 65.5 Å². The Labute approximate surface area is 181 Å². The highest BCUT2D eigenvalue weighted by atomic mass is 32.2. The van der Waals surface area contributed by atoms with Gasteiger partial charge in [0.15, 0.2) is 10.9 Å². The predicted molar refractivity (Wildman–Crippen MR) is 120 cm³/mol. The molecule has 0 saturated heterocycles. The molecule has 1 aromatic heterocycles. The average Bonchev–Trinajstić information content (AvgIpc) is 3.08. The number of carbonyl (C=O) groups is 2. The number of Topliss-reactive ketones (excluding diaryl/α,β-unsaturated/α-hetero) is 1. The lowest BCUT2D eigenvalue weighted by Crippen LogP contribution is -2.18. The number of hydrogen-bond acceptors (Lipinski definition) is 5. The van der Waals surface area contributed by atoms with Crippen LogP contribution >= 0.6 is 11.8 Å². The molecule has 1 atom stereocenters. The summed E-state index contributed by atoms with van der Waals surface area (Å²) in [6, 6.07) is 15.0. The van der Waals surface area contributed by atoms with Crippen LogP contribution in [0.2, 0.25) is 0 Å². The van der Waals surface area contributed by atoms with Crippen molar-refractivity contribution in [1.82, 2.24) is 14.8 Å². The van der Waals surface area contributed by atoms with E-state index in [9.17, 15) is 9.59 Å². The molecule has 0 aliphatic carbocycles. The Balaban J connectivity index is 1.76. The molecule has 0 saturated carbocycles. The third-order valence-corrected chi connectivity index (χ3v) is 5.81. The summed E-state index contributed by atoms with van der Waals surface area (Å²) in [6.45, 7) is 9.48. The van der Waals surface area contributed by atoms with Gasteiger partial charge < -0.3 is 5.32 Å². The van der Waals surface area contributed by atoms with Gasteiger partial charge in [0, 0.05) is 17.2 Å². The molecule has 0 radical (unpaired) electrons. The molecule has 0 spiro atoms. The number of carbonyl (C=O) groups excluding carboxylic acids is 2. The number of ketones is 1. The van der Waals surface area contributed by atoms with E-state index in [1.807, 2.05) is 63.5 Å². The van der Waals surface area contributed by atoms with Crippen LogP contribution in [0.1, 0.15) is 42.5 Å². The van der Waals surface area contributed by atoms with Crippen LogP contribution in [-0.2, 0) is 4.79 Å². The smallest absolute Gasteiger partial charge is 0.226 e. The number of hydrogen-bond donors (Lipinski definition) is 1. The average molecular weight is 423 g/mol. The van der Waals surface area contributed by atoms with E-state index in [1.54, 1.807) is 24.3 Å². The Hall–Kier alpha value is -2.93. The summed E-state index contributed by atoms with van der Waals surface area (Å²) >= 11 is 1.39. The molecule has 0 aliphatic rings. The van der Waals surface area contributed by atoms with Gasteiger partial charge in [0.2, 0.25) is 5.91 Å². The van der Waals surface area contributed by atoms with Gasteiger partial charge in [0.25, 0.3) is 0 Å². The van der Waals surface area contributed by atoms with Gasteiger partial charge in [-0.05, 0) is 56.7 Å². The number of aromatic nitrogens is 3. The summed E-state index contributed by atoms with van der Waals surface area (Å²) in [5.41, 5.74) is 3.39. The normalized spacial score (nSPS) is 12.1. The van der Waals surface area contributed by atoms with Gasteiger partial charge in [-0.3, -0.25) is 14.2 Å². The second-order valence-electron chi connectivity index (χ2n) is 7.50. The number of amides is 1. The fourth-order valence-electron chi connectivity index (χ4n) is 2.96. The zero-order valence-electron chi connectivity index (χ0n) is 17.8. The van der Waals surface area contributed by atoms with Gasteiger partial charge in [-0.2, -0.15) is 0 Å². The number of thioether (sulfide) groups is 1. The minimum absolute atomic E-state index is 0.00118. The lowest BCUT2D eigenvalue weighted by molar-refractivity contribution is -0.118. The molecular formula is C23H26N4O2S. The fraction of sp³-hybridized carbons (Fsp3) is 0.304. The van der Waals surface area contributed by atoms with Gasteiger partial charge in [-0.25, -0.2) is 0 Å². The predicted octanol–water partition coefficient (Wildman–Crippen LogP) is 4.84. The van der Waals surface area contributed by atoms with Crippen molar-refractivity contribution < 1.29 is 9.59 Å². The zero-order chi connectivity index (χ0) is 21.8. The standard InChI is InChI=1S/C23H26N4O2S/c1-14(2)22(29)24-19-12-10-18(11-13-19)21(28)16(4)30-23-26-25-17(5)27(23)20-9-7-6-8-15(20)3/h6-14,16H,1-5H3,(H,24,29)/t16-/m0/s1. The number of benzene rings is 2. The van der Waals surface area contributed by atoms with Gasteiger partial charge in [0.05, 0.1) is 10.9 Å². The van der Waals surface area contributed by atoms with E-state index in [0.717, 1.165) is 17.1 Å². The lowest BCUT2D eigenvalue weighted by Gasteiger charge is -2.14.